The average molecular weight is 354 g/mol. The maximum atomic E-state index is 4.71. The first kappa shape index (κ1) is 14.3. The second-order valence-electron chi connectivity index (χ2n) is 5.48. The molecular formula is C15H20BrN3S. The Morgan fingerprint density at radius 3 is 2.90 bits per heavy atom. The lowest BCUT2D eigenvalue weighted by Gasteiger charge is -2.06. The van der Waals surface area contributed by atoms with E-state index in [1.807, 2.05) is 0 Å². The number of hydrogen-bond acceptors (Lipinski definition) is 3. The van der Waals surface area contributed by atoms with Crippen molar-refractivity contribution in [3.8, 4) is 0 Å². The number of hydrogen-bond donors (Lipinski definition) is 1. The van der Waals surface area contributed by atoms with Crippen molar-refractivity contribution in [1.29, 1.82) is 0 Å². The van der Waals surface area contributed by atoms with Gasteiger partial charge >= 0.3 is 0 Å². The van der Waals surface area contributed by atoms with E-state index < -0.39 is 0 Å². The van der Waals surface area contributed by atoms with Crippen molar-refractivity contribution in [3.63, 3.8) is 0 Å². The van der Waals surface area contributed by atoms with Crippen molar-refractivity contribution < 1.29 is 0 Å². The summed E-state index contributed by atoms with van der Waals surface area (Å²) in [7, 11) is 0. The Kier molecular flexibility index (Phi) is 4.29. The number of nitrogens with one attached hydrogen (secondary N) is 1. The zero-order valence-electron chi connectivity index (χ0n) is 11.9. The zero-order chi connectivity index (χ0) is 14.1. The highest BCUT2D eigenvalue weighted by Gasteiger charge is 2.20. The lowest BCUT2D eigenvalue weighted by molar-refractivity contribution is 0.659. The molecule has 108 valence electrons. The van der Waals surface area contributed by atoms with Crippen LogP contribution in [0.25, 0.3) is 0 Å². The molecule has 1 N–H and O–H groups in total. The van der Waals surface area contributed by atoms with Crippen LogP contribution in [0.15, 0.2) is 15.9 Å². The van der Waals surface area contributed by atoms with Crippen LogP contribution in [0.5, 0.6) is 0 Å². The topological polar surface area (TPSA) is 29.9 Å². The number of halogens is 1. The van der Waals surface area contributed by atoms with Crippen molar-refractivity contribution in [2.75, 3.05) is 6.54 Å². The normalized spacial score (nSPS) is 14.9. The van der Waals surface area contributed by atoms with E-state index >= 15 is 0 Å². The quantitative estimate of drug-likeness (QED) is 0.858. The highest BCUT2D eigenvalue weighted by atomic mass is 79.9. The fraction of sp³-hybridized carbons (Fsp3) is 0.533. The van der Waals surface area contributed by atoms with E-state index in [9.17, 15) is 0 Å². The highest BCUT2D eigenvalue weighted by molar-refractivity contribution is 9.10. The van der Waals surface area contributed by atoms with Crippen LogP contribution >= 0.6 is 27.3 Å². The second-order valence-corrected chi connectivity index (χ2v) is 7.33. The summed E-state index contributed by atoms with van der Waals surface area (Å²) in [6.45, 7) is 6.25. The molecule has 0 saturated heterocycles. The fourth-order valence-electron chi connectivity index (χ4n) is 2.51. The van der Waals surface area contributed by atoms with Gasteiger partial charge in [0, 0.05) is 21.1 Å². The molecule has 2 aromatic rings. The molecule has 2 aromatic heterocycles. The van der Waals surface area contributed by atoms with Gasteiger partial charge in [-0.2, -0.15) is 5.10 Å². The third-order valence-corrected chi connectivity index (χ3v) is 5.81. The number of thiophene rings is 1. The van der Waals surface area contributed by atoms with Gasteiger partial charge in [0.15, 0.2) is 0 Å². The molecule has 0 aliphatic heterocycles. The summed E-state index contributed by atoms with van der Waals surface area (Å²) in [5, 5.41) is 10.4. The third kappa shape index (κ3) is 3.15. The van der Waals surface area contributed by atoms with Gasteiger partial charge in [0.05, 0.1) is 12.2 Å². The SMILES string of the molecule is Cc1nn(Cc2sccc2Br)c(C)c1CCNC1CC1. The van der Waals surface area contributed by atoms with Gasteiger partial charge in [-0.15, -0.1) is 11.3 Å². The number of aryl methyl sites for hydroxylation is 1. The van der Waals surface area contributed by atoms with E-state index in [-0.39, 0.29) is 0 Å². The van der Waals surface area contributed by atoms with E-state index in [4.69, 9.17) is 5.10 Å². The molecule has 0 bridgehead atoms. The minimum absolute atomic E-state index is 0.785. The van der Waals surface area contributed by atoms with Gasteiger partial charge in [-0.05, 0) is 72.6 Å². The van der Waals surface area contributed by atoms with Gasteiger partial charge in [0.25, 0.3) is 0 Å². The first-order valence-corrected chi connectivity index (χ1v) is 8.80. The van der Waals surface area contributed by atoms with Crippen molar-refractivity contribution in [2.45, 2.75) is 45.7 Å². The molecule has 0 amide bonds. The number of rotatable bonds is 6. The van der Waals surface area contributed by atoms with Gasteiger partial charge in [-0.1, -0.05) is 0 Å². The van der Waals surface area contributed by atoms with Crippen LogP contribution in [0.3, 0.4) is 0 Å². The highest BCUT2D eigenvalue weighted by Crippen LogP contribution is 2.25. The zero-order valence-corrected chi connectivity index (χ0v) is 14.4. The van der Waals surface area contributed by atoms with E-state index in [0.29, 0.717) is 0 Å². The summed E-state index contributed by atoms with van der Waals surface area (Å²) in [5.74, 6) is 0. The second kappa shape index (κ2) is 6.00. The Hall–Kier alpha value is -0.650. The van der Waals surface area contributed by atoms with Crippen LogP contribution in [0.1, 0.15) is 34.7 Å². The summed E-state index contributed by atoms with van der Waals surface area (Å²) < 4.78 is 3.32. The number of nitrogens with zero attached hydrogens (tertiary/aromatic N) is 2. The van der Waals surface area contributed by atoms with Gasteiger partial charge in [0.1, 0.15) is 0 Å². The van der Waals surface area contributed by atoms with Crippen molar-refractivity contribution in [1.82, 2.24) is 15.1 Å². The molecule has 0 radical (unpaired) electrons. The van der Waals surface area contributed by atoms with Crippen LogP contribution in [0, 0.1) is 13.8 Å². The first-order valence-electron chi connectivity index (χ1n) is 7.13. The van der Waals surface area contributed by atoms with Crippen molar-refractivity contribution >= 4 is 27.3 Å². The van der Waals surface area contributed by atoms with Gasteiger partial charge in [0.2, 0.25) is 0 Å². The Morgan fingerprint density at radius 2 is 2.25 bits per heavy atom. The Morgan fingerprint density at radius 1 is 1.45 bits per heavy atom. The van der Waals surface area contributed by atoms with Gasteiger partial charge in [-0.3, -0.25) is 4.68 Å². The van der Waals surface area contributed by atoms with Crippen LogP contribution in [-0.4, -0.2) is 22.4 Å². The largest absolute Gasteiger partial charge is 0.314 e. The van der Waals surface area contributed by atoms with E-state index in [1.165, 1.54) is 39.1 Å². The lowest BCUT2D eigenvalue weighted by atomic mass is 10.1. The summed E-state index contributed by atoms with van der Waals surface area (Å²) >= 11 is 5.38. The summed E-state index contributed by atoms with van der Waals surface area (Å²) in [6.07, 6.45) is 3.78. The Bertz CT molecular complexity index is 598. The van der Waals surface area contributed by atoms with Crippen LogP contribution in [-0.2, 0) is 13.0 Å². The molecule has 20 heavy (non-hydrogen) atoms. The summed E-state index contributed by atoms with van der Waals surface area (Å²) in [4.78, 5) is 1.33. The fourth-order valence-corrected chi connectivity index (χ4v) is 3.97. The Balaban J connectivity index is 1.70. The van der Waals surface area contributed by atoms with E-state index in [0.717, 1.165) is 25.6 Å². The summed E-state index contributed by atoms with van der Waals surface area (Å²) in [6, 6.07) is 2.89. The van der Waals surface area contributed by atoms with Crippen LogP contribution in [0.2, 0.25) is 0 Å². The van der Waals surface area contributed by atoms with Crippen molar-refractivity contribution in [2.24, 2.45) is 0 Å². The molecule has 2 heterocycles. The molecule has 0 spiro atoms. The standard InChI is InChI=1S/C15H20BrN3S/c1-10-13(5-7-17-12-3-4-12)11(2)19(18-10)9-15-14(16)6-8-20-15/h6,8,12,17H,3-5,7,9H2,1-2H3. The molecule has 3 nitrogen and oxygen atoms in total. The van der Waals surface area contributed by atoms with Crippen molar-refractivity contribution in [3.05, 3.63) is 37.7 Å². The monoisotopic (exact) mass is 353 g/mol. The van der Waals surface area contributed by atoms with Gasteiger partial charge in [-0.25, -0.2) is 0 Å². The minimum atomic E-state index is 0.785. The predicted octanol–water partition coefficient (Wildman–Crippen LogP) is 3.67. The summed E-state index contributed by atoms with van der Waals surface area (Å²) in [5.41, 5.74) is 3.89. The third-order valence-electron chi connectivity index (χ3n) is 3.90. The van der Waals surface area contributed by atoms with E-state index in [1.54, 1.807) is 11.3 Å². The van der Waals surface area contributed by atoms with Gasteiger partial charge < -0.3 is 5.32 Å². The molecule has 0 atom stereocenters. The maximum absolute atomic E-state index is 4.71. The lowest BCUT2D eigenvalue weighted by Crippen LogP contribution is -2.19. The molecule has 5 heteroatoms. The molecule has 1 aliphatic rings. The molecule has 0 aromatic carbocycles. The maximum Gasteiger partial charge on any atom is 0.0766 e. The Labute approximate surface area is 132 Å². The minimum Gasteiger partial charge on any atom is -0.314 e. The molecule has 3 rings (SSSR count). The molecule has 1 aliphatic carbocycles. The molecule has 1 saturated carbocycles. The smallest absolute Gasteiger partial charge is 0.0766 e. The molecular weight excluding hydrogens is 334 g/mol. The first-order chi connectivity index (χ1) is 9.65. The van der Waals surface area contributed by atoms with Crippen LogP contribution < -0.4 is 5.32 Å². The number of aromatic nitrogens is 2. The van der Waals surface area contributed by atoms with Crippen LogP contribution in [0.4, 0.5) is 0 Å². The molecule has 0 unspecified atom stereocenters. The van der Waals surface area contributed by atoms with E-state index in [2.05, 4.69) is 51.2 Å². The predicted molar refractivity (Wildman–Crippen MR) is 87.6 cm³/mol. The molecule has 1 fully saturated rings. The average Bonchev–Trinajstić information content (AvgIpc) is 3.10.